The molecule has 2 N–H and O–H groups in total. The Labute approximate surface area is 192 Å². The van der Waals surface area contributed by atoms with Crippen molar-refractivity contribution in [1.82, 2.24) is 4.98 Å². The van der Waals surface area contributed by atoms with Gasteiger partial charge in [-0.1, -0.05) is 34.6 Å². The van der Waals surface area contributed by atoms with Gasteiger partial charge in [0.15, 0.2) is 0 Å². The molecule has 31 heavy (non-hydrogen) atoms. The van der Waals surface area contributed by atoms with E-state index in [1.807, 2.05) is 19.2 Å². The maximum Gasteiger partial charge on any atom is 0.311 e. The van der Waals surface area contributed by atoms with Crippen molar-refractivity contribution in [3.8, 4) is 0 Å². The molecule has 0 saturated carbocycles. The summed E-state index contributed by atoms with van der Waals surface area (Å²) in [7, 11) is 2.82. The van der Waals surface area contributed by atoms with Crippen molar-refractivity contribution < 1.29 is 24.5 Å². The minimum absolute atomic E-state index is 0.0693. The van der Waals surface area contributed by atoms with Gasteiger partial charge in [-0.2, -0.15) is 0 Å². The molecule has 6 nitrogen and oxygen atoms in total. The monoisotopic (exact) mass is 471 g/mol. The van der Waals surface area contributed by atoms with E-state index in [1.165, 1.54) is 11.3 Å². The molecule has 10 unspecified atom stereocenters. The van der Waals surface area contributed by atoms with Crippen LogP contribution in [-0.4, -0.2) is 50.9 Å². The maximum atomic E-state index is 12.8. The van der Waals surface area contributed by atoms with Crippen molar-refractivity contribution in [1.29, 1.82) is 0 Å². The number of ether oxygens (including phenoxy) is 1. The predicted molar refractivity (Wildman–Crippen MR) is 126 cm³/mol. The van der Waals surface area contributed by atoms with Gasteiger partial charge in [0.05, 0.1) is 30.2 Å². The number of Topliss-reactive ketones (excluding diaryl/α,β-unsaturated/α-hetero) is 1. The number of cyclic esters (lactones) is 1. The third-order valence-electron chi connectivity index (χ3n) is 6.96. The van der Waals surface area contributed by atoms with Crippen LogP contribution in [-0.2, 0) is 27.2 Å². The number of fused-ring (bicyclic) bond motifs is 2. The lowest BCUT2D eigenvalue weighted by Gasteiger charge is -2.34. The zero-order chi connectivity index (χ0) is 23.5. The molecule has 1 aliphatic rings. The topological polar surface area (TPSA) is 96.7 Å². The quantitative estimate of drug-likeness (QED) is 0.482. The van der Waals surface area contributed by atoms with E-state index < -0.39 is 42.0 Å². The molecule has 2 bridgehead atoms. The van der Waals surface area contributed by atoms with Crippen LogP contribution in [0.2, 0.25) is 0 Å². The van der Waals surface area contributed by atoms with Crippen LogP contribution >= 0.6 is 20.6 Å². The molecule has 2 rings (SSSR count). The average molecular weight is 472 g/mol. The van der Waals surface area contributed by atoms with Crippen LogP contribution in [0.15, 0.2) is 5.38 Å². The van der Waals surface area contributed by atoms with Gasteiger partial charge in [0, 0.05) is 17.2 Å². The van der Waals surface area contributed by atoms with Crippen LogP contribution in [0.5, 0.6) is 0 Å². The Kier molecular flexibility index (Phi) is 9.62. The third kappa shape index (κ3) is 6.34. The van der Waals surface area contributed by atoms with Crippen LogP contribution in [0.3, 0.4) is 0 Å². The molecule has 8 heteroatoms. The van der Waals surface area contributed by atoms with Crippen molar-refractivity contribution in [3.63, 3.8) is 0 Å². The second kappa shape index (κ2) is 11.3. The number of carbonyl (C=O) groups is 2. The Morgan fingerprint density at radius 1 is 1.10 bits per heavy atom. The highest BCUT2D eigenvalue weighted by Crippen LogP contribution is 2.31. The second-order valence-electron chi connectivity index (χ2n) is 9.29. The summed E-state index contributed by atoms with van der Waals surface area (Å²) < 4.78 is 5.72. The smallest absolute Gasteiger partial charge is 0.311 e. The minimum Gasteiger partial charge on any atom is -0.462 e. The summed E-state index contributed by atoms with van der Waals surface area (Å²) in [4.78, 5) is 30.2. The van der Waals surface area contributed by atoms with Gasteiger partial charge in [0.25, 0.3) is 0 Å². The summed E-state index contributed by atoms with van der Waals surface area (Å²) in [6.45, 7) is 11.2. The number of hydrogen-bond donors (Lipinski definition) is 2. The fourth-order valence-corrected chi connectivity index (χ4v) is 5.51. The van der Waals surface area contributed by atoms with E-state index in [2.05, 4.69) is 21.1 Å². The first-order valence-corrected chi connectivity index (χ1v) is 12.8. The maximum absolute atomic E-state index is 12.8. The zero-order valence-electron chi connectivity index (χ0n) is 19.4. The van der Waals surface area contributed by atoms with Gasteiger partial charge < -0.3 is 14.9 Å². The summed E-state index contributed by atoms with van der Waals surface area (Å²) >= 11 is 1.47. The normalized spacial score (nSPS) is 39.1. The predicted octanol–water partition coefficient (Wildman–Crippen LogP) is 3.28. The number of thiazole rings is 1. The number of aliphatic hydroxyl groups is 2. The standard InChI is InChI=1S/C23H38NO5PS/c1-7-18-13(4)20(26)12(3)17(25)9-19-24-16(10-31-19)8-11(2)22(30)14(5)21(27)15(6)23(28)29-18/h10-15,18,20-22,26-27H,7-9,30H2,1-6H3. The molecule has 0 aliphatic carbocycles. The van der Waals surface area contributed by atoms with Crippen LogP contribution in [0.4, 0.5) is 0 Å². The minimum atomic E-state index is -0.934. The fourth-order valence-electron chi connectivity index (χ4n) is 4.33. The van der Waals surface area contributed by atoms with Crippen molar-refractivity contribution >= 4 is 32.3 Å². The van der Waals surface area contributed by atoms with E-state index >= 15 is 0 Å². The van der Waals surface area contributed by atoms with E-state index in [0.717, 1.165) is 17.1 Å². The summed E-state index contributed by atoms with van der Waals surface area (Å²) in [6, 6.07) is 0. The number of ketones is 1. The second-order valence-corrected chi connectivity index (χ2v) is 11.0. The van der Waals surface area contributed by atoms with E-state index in [1.54, 1.807) is 20.8 Å². The molecule has 0 saturated heterocycles. The number of hydrogen-bond acceptors (Lipinski definition) is 7. The average Bonchev–Trinajstić information content (AvgIpc) is 3.19. The lowest BCUT2D eigenvalue weighted by molar-refractivity contribution is -0.164. The molecule has 2 heterocycles. The van der Waals surface area contributed by atoms with Gasteiger partial charge in [0.1, 0.15) is 16.9 Å². The molecule has 1 aromatic rings. The first-order chi connectivity index (χ1) is 14.5. The lowest BCUT2D eigenvalue weighted by atomic mass is 9.84. The summed E-state index contributed by atoms with van der Waals surface area (Å²) in [5, 5.41) is 24.5. The van der Waals surface area contributed by atoms with Crippen molar-refractivity contribution in [2.45, 2.75) is 84.8 Å². The molecule has 0 spiro atoms. The molecule has 0 aromatic carbocycles. The Bertz CT molecular complexity index is 756. The van der Waals surface area contributed by atoms with E-state index in [4.69, 9.17) is 4.74 Å². The van der Waals surface area contributed by atoms with Gasteiger partial charge in [-0.05, 0) is 37.3 Å². The van der Waals surface area contributed by atoms with Gasteiger partial charge in [-0.25, -0.2) is 4.98 Å². The number of aromatic nitrogens is 1. The Balaban J connectivity index is 2.36. The third-order valence-corrected chi connectivity index (χ3v) is 9.12. The van der Waals surface area contributed by atoms with Gasteiger partial charge in [0.2, 0.25) is 0 Å². The highest BCUT2D eigenvalue weighted by atomic mass is 32.1. The summed E-state index contributed by atoms with van der Waals surface area (Å²) in [6.07, 6.45) is -0.884. The molecule has 1 aromatic heterocycles. The molecule has 1 aliphatic heterocycles. The van der Waals surface area contributed by atoms with Gasteiger partial charge in [-0.15, -0.1) is 20.6 Å². The van der Waals surface area contributed by atoms with Gasteiger partial charge in [-0.3, -0.25) is 9.59 Å². The molecular weight excluding hydrogens is 433 g/mol. The first kappa shape index (κ1) is 26.4. The highest BCUT2D eigenvalue weighted by Gasteiger charge is 2.37. The molecule has 0 amide bonds. The molecular formula is C23H38NO5PS. The lowest BCUT2D eigenvalue weighted by Crippen LogP contribution is -2.42. The van der Waals surface area contributed by atoms with Gasteiger partial charge >= 0.3 is 5.97 Å². The summed E-state index contributed by atoms with van der Waals surface area (Å²) in [5.74, 6) is -2.16. The Hall–Kier alpha value is -0.880. The Morgan fingerprint density at radius 2 is 1.71 bits per heavy atom. The number of nitrogens with zero attached hydrogens (tertiary/aromatic N) is 1. The first-order valence-electron chi connectivity index (χ1n) is 11.3. The SMILES string of the molecule is CCC1OC(=O)C(C)C(O)C(C)C(P)C(C)Cc2csc(n2)CC(=O)C(C)C(O)C1C. The van der Waals surface area contributed by atoms with Crippen molar-refractivity contribution in [2.75, 3.05) is 0 Å². The van der Waals surface area contributed by atoms with E-state index in [-0.39, 0.29) is 29.7 Å². The summed E-state index contributed by atoms with van der Waals surface area (Å²) in [5.41, 5.74) is 1.01. The fraction of sp³-hybridized carbons (Fsp3) is 0.783. The van der Waals surface area contributed by atoms with Crippen LogP contribution in [0.1, 0.15) is 58.7 Å². The molecule has 10 atom stereocenters. The van der Waals surface area contributed by atoms with Crippen LogP contribution in [0, 0.1) is 29.6 Å². The van der Waals surface area contributed by atoms with E-state index in [9.17, 15) is 19.8 Å². The number of esters is 1. The van der Waals surface area contributed by atoms with E-state index in [0.29, 0.717) is 6.42 Å². The van der Waals surface area contributed by atoms with Crippen molar-refractivity contribution in [3.05, 3.63) is 16.1 Å². The van der Waals surface area contributed by atoms with Crippen LogP contribution < -0.4 is 0 Å². The number of carbonyl (C=O) groups excluding carboxylic acids is 2. The zero-order valence-corrected chi connectivity index (χ0v) is 21.4. The highest BCUT2D eigenvalue weighted by molar-refractivity contribution is 7.17. The molecule has 176 valence electrons. The molecule has 0 fully saturated rings. The van der Waals surface area contributed by atoms with Crippen molar-refractivity contribution in [2.24, 2.45) is 29.6 Å². The van der Waals surface area contributed by atoms with Crippen LogP contribution in [0.25, 0.3) is 0 Å². The Morgan fingerprint density at radius 3 is 2.32 bits per heavy atom. The number of aliphatic hydroxyl groups excluding tert-OH is 2. The molecule has 0 radical (unpaired) electrons. The largest absolute Gasteiger partial charge is 0.462 e. The number of rotatable bonds is 1.